The summed E-state index contributed by atoms with van der Waals surface area (Å²) >= 11 is 0. The molecule has 7 atom stereocenters. The molecule has 1 fully saturated rings. The minimum atomic E-state index is -5.81. The number of aliphatic hydroxyl groups excluding tert-OH is 1. The van der Waals surface area contributed by atoms with Crippen molar-refractivity contribution in [1.29, 1.82) is 0 Å². The number of aryl methyl sites for hydroxylation is 1. The first-order chi connectivity index (χ1) is 14.8. The molecule has 33 heavy (non-hydrogen) atoms. The number of H-pyrrole nitrogens is 1. The second-order valence-corrected chi connectivity index (χ2v) is 11.1. The molecule has 1 aromatic rings. The highest BCUT2D eigenvalue weighted by molar-refractivity contribution is 7.66. The van der Waals surface area contributed by atoms with Crippen molar-refractivity contribution in [2.45, 2.75) is 44.0 Å². The average molecular weight is 536 g/mol. The number of nitrogens with zero attached hydrogens (tertiary/aromatic N) is 1. The smallest absolute Gasteiger partial charge is 0.386 e. The Hall–Kier alpha value is -1.47. The number of aliphatic hydroxyl groups is 2. The highest BCUT2D eigenvalue weighted by atomic mass is 31.3. The molecule has 3 unspecified atom stereocenters. The summed E-state index contributed by atoms with van der Waals surface area (Å²) in [6.07, 6.45) is -2.18. The SMILES string of the molecule is C#CC1(O)[C@@H](O)[C@@H]([C@H](C)OP(=O)(O)OP(=O)(O)OP(=O)(O)O)O[C@H]1n1c(C)cc(=O)[nH]c1=O. The zero-order valence-electron chi connectivity index (χ0n) is 16.6. The molecule has 1 aromatic heterocycles. The number of nitrogens with one attached hydrogen (secondary N) is 1. The Bertz CT molecular complexity index is 1210. The Morgan fingerprint density at radius 2 is 1.79 bits per heavy atom. The number of aromatic amines is 1. The summed E-state index contributed by atoms with van der Waals surface area (Å²) < 4.78 is 52.0. The average Bonchev–Trinajstić information content (AvgIpc) is 2.83. The van der Waals surface area contributed by atoms with Gasteiger partial charge in [-0.05, 0) is 13.8 Å². The van der Waals surface area contributed by atoms with Gasteiger partial charge in [-0.2, -0.15) is 8.62 Å². The fourth-order valence-corrected chi connectivity index (χ4v) is 6.19. The molecular weight excluding hydrogens is 517 g/mol. The van der Waals surface area contributed by atoms with E-state index >= 15 is 0 Å². The van der Waals surface area contributed by atoms with Crippen LogP contribution in [0.15, 0.2) is 15.7 Å². The van der Waals surface area contributed by atoms with E-state index in [2.05, 4.69) is 13.1 Å². The Morgan fingerprint density at radius 1 is 1.21 bits per heavy atom. The molecule has 0 amide bonds. The lowest BCUT2D eigenvalue weighted by molar-refractivity contribution is -0.0877. The molecule has 1 saturated heterocycles. The van der Waals surface area contributed by atoms with Crippen LogP contribution in [0.2, 0.25) is 0 Å². The Kier molecular flexibility index (Phi) is 7.82. The highest BCUT2D eigenvalue weighted by Crippen LogP contribution is 2.66. The number of ether oxygens (including phenoxy) is 1. The van der Waals surface area contributed by atoms with Crippen LogP contribution in [0.1, 0.15) is 18.8 Å². The van der Waals surface area contributed by atoms with Crippen LogP contribution in [0.25, 0.3) is 0 Å². The van der Waals surface area contributed by atoms with Gasteiger partial charge in [0.05, 0.1) is 6.10 Å². The maximum Gasteiger partial charge on any atom is 0.490 e. The molecule has 17 nitrogen and oxygen atoms in total. The highest BCUT2D eigenvalue weighted by Gasteiger charge is 2.58. The maximum atomic E-state index is 12.2. The van der Waals surface area contributed by atoms with Crippen LogP contribution < -0.4 is 11.2 Å². The molecule has 0 radical (unpaired) electrons. The van der Waals surface area contributed by atoms with E-state index in [4.69, 9.17) is 20.9 Å². The van der Waals surface area contributed by atoms with Gasteiger partial charge in [-0.1, -0.05) is 5.92 Å². The van der Waals surface area contributed by atoms with Gasteiger partial charge in [0.2, 0.25) is 0 Å². The standard InChI is InChI=1S/C13H19N2O15P3/c1-4-13(19)10(17)9(27-11(13)15-6(2)5-8(16)14-12(15)18)7(3)28-32(23,24)30-33(25,26)29-31(20,21)22/h1,5,7,9-11,17,19H,2-3H3,(H,23,24)(H,25,26)(H,14,16,18)(H2,20,21,22)/t7-,9+,10-,11+,13?/m0/s1. The molecular formula is C13H19N2O15P3. The molecule has 1 aliphatic heterocycles. The Morgan fingerprint density at radius 3 is 2.27 bits per heavy atom. The number of terminal acetylenes is 1. The van der Waals surface area contributed by atoms with E-state index in [0.29, 0.717) is 4.57 Å². The third-order valence-electron chi connectivity index (χ3n) is 4.24. The van der Waals surface area contributed by atoms with E-state index in [0.717, 1.165) is 13.0 Å². The lowest BCUT2D eigenvalue weighted by Gasteiger charge is -2.27. The van der Waals surface area contributed by atoms with Crippen molar-refractivity contribution in [1.82, 2.24) is 9.55 Å². The minimum Gasteiger partial charge on any atom is -0.386 e. The molecule has 0 saturated carbocycles. The predicted molar refractivity (Wildman–Crippen MR) is 104 cm³/mol. The van der Waals surface area contributed by atoms with Crippen molar-refractivity contribution in [3.8, 4) is 12.3 Å². The molecule has 2 heterocycles. The van der Waals surface area contributed by atoms with Gasteiger partial charge in [0.1, 0.15) is 12.2 Å². The van der Waals surface area contributed by atoms with Gasteiger partial charge in [0.15, 0.2) is 11.8 Å². The Balaban J connectivity index is 2.33. The third-order valence-corrected chi connectivity index (χ3v) is 8.16. The van der Waals surface area contributed by atoms with Crippen LogP contribution in [0.4, 0.5) is 0 Å². The summed E-state index contributed by atoms with van der Waals surface area (Å²) in [5.74, 6) is 1.84. The van der Waals surface area contributed by atoms with Crippen molar-refractivity contribution in [2.24, 2.45) is 0 Å². The lowest BCUT2D eigenvalue weighted by atomic mass is 9.93. The van der Waals surface area contributed by atoms with E-state index in [-0.39, 0.29) is 5.69 Å². The molecule has 0 aliphatic carbocycles. The molecule has 7 N–H and O–H groups in total. The summed E-state index contributed by atoms with van der Waals surface area (Å²) in [5, 5.41) is 21.3. The van der Waals surface area contributed by atoms with Gasteiger partial charge in [0.25, 0.3) is 5.56 Å². The molecule has 186 valence electrons. The van der Waals surface area contributed by atoms with Gasteiger partial charge in [0, 0.05) is 11.8 Å². The first-order valence-corrected chi connectivity index (χ1v) is 13.0. The quantitative estimate of drug-likeness (QED) is 0.143. The summed E-state index contributed by atoms with van der Waals surface area (Å²) in [7, 11) is -17.1. The Labute approximate surface area is 184 Å². The minimum absolute atomic E-state index is 0.0455. The lowest BCUT2D eigenvalue weighted by Crippen LogP contribution is -2.49. The van der Waals surface area contributed by atoms with Crippen LogP contribution in [-0.2, 0) is 31.6 Å². The number of phosphoric ester groups is 1. The fourth-order valence-electron chi connectivity index (χ4n) is 2.99. The molecule has 0 aromatic carbocycles. The maximum absolute atomic E-state index is 12.2. The van der Waals surface area contributed by atoms with E-state index in [1.165, 1.54) is 6.92 Å². The topological polar surface area (TPSA) is 264 Å². The van der Waals surface area contributed by atoms with Crippen LogP contribution in [-0.4, -0.2) is 63.3 Å². The monoisotopic (exact) mass is 536 g/mol. The van der Waals surface area contributed by atoms with E-state index in [1.54, 1.807) is 0 Å². The number of aromatic nitrogens is 2. The molecule has 2 rings (SSSR count). The molecule has 0 bridgehead atoms. The summed E-state index contributed by atoms with van der Waals surface area (Å²) in [4.78, 5) is 61.5. The zero-order valence-corrected chi connectivity index (χ0v) is 19.3. The molecule has 0 spiro atoms. The van der Waals surface area contributed by atoms with Crippen LogP contribution >= 0.6 is 23.5 Å². The van der Waals surface area contributed by atoms with Crippen LogP contribution in [0.3, 0.4) is 0 Å². The van der Waals surface area contributed by atoms with Crippen molar-refractivity contribution in [3.05, 3.63) is 32.6 Å². The van der Waals surface area contributed by atoms with Crippen LogP contribution in [0.5, 0.6) is 0 Å². The van der Waals surface area contributed by atoms with Crippen LogP contribution in [0, 0.1) is 19.3 Å². The van der Waals surface area contributed by atoms with Gasteiger partial charge in [-0.3, -0.25) is 18.9 Å². The summed E-state index contributed by atoms with van der Waals surface area (Å²) in [6.45, 7) is 2.25. The zero-order chi connectivity index (χ0) is 25.6. The van der Waals surface area contributed by atoms with Crippen molar-refractivity contribution < 1.29 is 61.4 Å². The van der Waals surface area contributed by atoms with Crippen molar-refractivity contribution in [3.63, 3.8) is 0 Å². The van der Waals surface area contributed by atoms with Crippen molar-refractivity contribution in [2.75, 3.05) is 0 Å². The second-order valence-electron chi connectivity index (χ2n) is 6.72. The largest absolute Gasteiger partial charge is 0.490 e. The summed E-state index contributed by atoms with van der Waals surface area (Å²) in [6, 6.07) is 0.955. The summed E-state index contributed by atoms with van der Waals surface area (Å²) in [5.41, 5.74) is -4.54. The number of hydrogen-bond donors (Lipinski definition) is 7. The normalized spacial score (nSPS) is 30.2. The van der Waals surface area contributed by atoms with Crippen molar-refractivity contribution >= 4 is 23.5 Å². The van der Waals surface area contributed by atoms with Gasteiger partial charge in [-0.15, -0.1) is 6.42 Å². The number of hydrogen-bond acceptors (Lipinski definition) is 11. The first kappa shape index (κ1) is 27.8. The number of rotatable bonds is 8. The molecule has 1 aliphatic rings. The van der Waals surface area contributed by atoms with E-state index < -0.39 is 64.9 Å². The fraction of sp³-hybridized carbons (Fsp3) is 0.538. The molecule has 20 heteroatoms. The first-order valence-electron chi connectivity index (χ1n) is 8.50. The second kappa shape index (κ2) is 9.29. The van der Waals surface area contributed by atoms with E-state index in [9.17, 15) is 43.3 Å². The van der Waals surface area contributed by atoms with Gasteiger partial charge >= 0.3 is 29.2 Å². The predicted octanol–water partition coefficient (Wildman–Crippen LogP) is -1.80. The van der Waals surface area contributed by atoms with E-state index in [1.807, 2.05) is 10.9 Å². The third kappa shape index (κ3) is 6.36. The van der Waals surface area contributed by atoms with Gasteiger partial charge in [-0.25, -0.2) is 18.5 Å². The van der Waals surface area contributed by atoms with Gasteiger partial charge < -0.3 is 34.5 Å². The number of phosphoric acid groups is 3.